The molecular formula is C13H20ClNO3S. The molecule has 2 N–H and O–H groups in total. The Morgan fingerprint density at radius 3 is 2.47 bits per heavy atom. The van der Waals surface area contributed by atoms with Crippen molar-refractivity contribution in [2.45, 2.75) is 20.8 Å². The summed E-state index contributed by atoms with van der Waals surface area (Å²) >= 11 is 5.93. The minimum absolute atomic E-state index is 0.0722. The van der Waals surface area contributed by atoms with E-state index >= 15 is 0 Å². The van der Waals surface area contributed by atoms with Crippen molar-refractivity contribution in [1.82, 2.24) is 0 Å². The summed E-state index contributed by atoms with van der Waals surface area (Å²) in [5, 5.41) is 5.76. The highest BCUT2D eigenvalue weighted by Gasteiger charge is 2.20. The van der Waals surface area contributed by atoms with Crippen LogP contribution in [0.4, 0.5) is 0 Å². The molecule has 1 atom stereocenters. The molecule has 0 aliphatic rings. The number of hydrogen-bond acceptors (Lipinski definition) is 3. The highest BCUT2D eigenvalue weighted by atomic mass is 35.5. The molecule has 1 rings (SSSR count). The van der Waals surface area contributed by atoms with E-state index in [1.807, 2.05) is 26.8 Å². The fourth-order valence-corrected chi connectivity index (χ4v) is 2.84. The first-order valence-corrected chi connectivity index (χ1v) is 8.18. The number of rotatable bonds is 6. The first-order chi connectivity index (χ1) is 8.69. The minimum atomic E-state index is -3.49. The lowest BCUT2D eigenvalue weighted by Crippen LogP contribution is -2.30. The third-order valence-corrected chi connectivity index (χ3v) is 4.30. The van der Waals surface area contributed by atoms with Gasteiger partial charge in [0.25, 0.3) is 0 Å². The maximum atomic E-state index is 11.2. The first kappa shape index (κ1) is 16.3. The number of benzene rings is 1. The summed E-state index contributed by atoms with van der Waals surface area (Å²) in [7, 11) is -3.49. The summed E-state index contributed by atoms with van der Waals surface area (Å²) in [5.74, 6) is 0.650. The highest BCUT2D eigenvalue weighted by Crippen LogP contribution is 2.22. The lowest BCUT2D eigenvalue weighted by Gasteiger charge is -2.20. The number of nitrogens with two attached hydrogens (primary N) is 1. The lowest BCUT2D eigenvalue weighted by atomic mass is 9.99. The van der Waals surface area contributed by atoms with Crippen LogP contribution in [0.1, 0.15) is 19.4 Å². The Bertz CT molecular complexity index is 529. The summed E-state index contributed by atoms with van der Waals surface area (Å²) in [6.07, 6.45) is 0. The van der Waals surface area contributed by atoms with E-state index in [2.05, 4.69) is 0 Å². The van der Waals surface area contributed by atoms with Gasteiger partial charge < -0.3 is 4.74 Å². The van der Waals surface area contributed by atoms with E-state index < -0.39 is 10.0 Å². The maximum absolute atomic E-state index is 11.2. The molecule has 0 radical (unpaired) electrons. The first-order valence-electron chi connectivity index (χ1n) is 6.08. The molecule has 0 saturated heterocycles. The van der Waals surface area contributed by atoms with E-state index in [0.717, 1.165) is 5.56 Å². The van der Waals surface area contributed by atoms with Crippen LogP contribution in [0.2, 0.25) is 5.02 Å². The van der Waals surface area contributed by atoms with Crippen LogP contribution in [0.5, 0.6) is 5.75 Å². The highest BCUT2D eigenvalue weighted by molar-refractivity contribution is 7.89. The average molecular weight is 306 g/mol. The molecule has 0 amide bonds. The number of hydrogen-bond donors (Lipinski definition) is 1. The summed E-state index contributed by atoms with van der Waals surface area (Å²) in [5.41, 5.74) is 0.923. The van der Waals surface area contributed by atoms with Gasteiger partial charge in [0.05, 0.1) is 12.4 Å². The predicted molar refractivity (Wildman–Crippen MR) is 78.0 cm³/mol. The Kier molecular flexibility index (Phi) is 5.64. The van der Waals surface area contributed by atoms with E-state index in [9.17, 15) is 8.42 Å². The van der Waals surface area contributed by atoms with E-state index in [-0.39, 0.29) is 17.6 Å². The second-order valence-corrected chi connectivity index (χ2v) is 7.12. The van der Waals surface area contributed by atoms with Crippen LogP contribution in [0.25, 0.3) is 0 Å². The van der Waals surface area contributed by atoms with Crippen molar-refractivity contribution in [3.63, 3.8) is 0 Å². The molecule has 4 nitrogen and oxygen atoms in total. The van der Waals surface area contributed by atoms with E-state index in [1.54, 1.807) is 12.1 Å². The average Bonchev–Trinajstić information content (AvgIpc) is 2.27. The van der Waals surface area contributed by atoms with Crippen molar-refractivity contribution in [2.75, 3.05) is 12.4 Å². The fraction of sp³-hybridized carbons (Fsp3) is 0.538. The number of sulfonamides is 1. The van der Waals surface area contributed by atoms with Crippen molar-refractivity contribution in [1.29, 1.82) is 0 Å². The molecule has 6 heteroatoms. The van der Waals surface area contributed by atoms with Gasteiger partial charge in [-0.25, -0.2) is 13.6 Å². The molecule has 1 aromatic rings. The molecule has 0 aliphatic carbocycles. The molecule has 0 bridgehead atoms. The largest absolute Gasteiger partial charge is 0.493 e. The van der Waals surface area contributed by atoms with E-state index in [1.165, 1.54) is 0 Å². The van der Waals surface area contributed by atoms with Crippen molar-refractivity contribution >= 4 is 21.6 Å². The number of primary sulfonamides is 1. The minimum Gasteiger partial charge on any atom is -0.493 e. The van der Waals surface area contributed by atoms with Crippen molar-refractivity contribution < 1.29 is 13.2 Å². The Hall–Kier alpha value is -0.780. The number of aryl methyl sites for hydroxylation is 1. The molecule has 19 heavy (non-hydrogen) atoms. The molecular weight excluding hydrogens is 286 g/mol. The molecule has 0 heterocycles. The van der Waals surface area contributed by atoms with E-state index in [4.69, 9.17) is 21.5 Å². The Morgan fingerprint density at radius 1 is 1.37 bits per heavy atom. The van der Waals surface area contributed by atoms with Crippen LogP contribution in [0.15, 0.2) is 18.2 Å². The van der Waals surface area contributed by atoms with Crippen LogP contribution in [0.3, 0.4) is 0 Å². The normalized spacial score (nSPS) is 13.6. The predicted octanol–water partition coefficient (Wildman–Crippen LogP) is 2.59. The quantitative estimate of drug-likeness (QED) is 0.878. The number of halogens is 1. The standard InChI is InChI=1S/C13H20ClNO3S/c1-9(2)11(8-19(15,16)17)7-18-12-4-5-13(14)10(3)6-12/h4-6,9,11H,7-8H2,1-3H3,(H2,15,16,17). The molecule has 0 aromatic heterocycles. The van der Waals surface area contributed by atoms with Gasteiger partial charge in [-0.05, 0) is 36.6 Å². The summed E-state index contributed by atoms with van der Waals surface area (Å²) < 4.78 is 28.0. The zero-order valence-corrected chi connectivity index (χ0v) is 13.0. The zero-order chi connectivity index (χ0) is 14.6. The maximum Gasteiger partial charge on any atom is 0.209 e. The summed E-state index contributed by atoms with van der Waals surface area (Å²) in [6, 6.07) is 5.36. The molecule has 0 spiro atoms. The Labute approximate surface area is 120 Å². The SMILES string of the molecule is Cc1cc(OCC(CS(N)(=O)=O)C(C)C)ccc1Cl. The second-order valence-electron chi connectivity index (χ2n) is 5.06. The van der Waals surface area contributed by atoms with Gasteiger partial charge in [-0.15, -0.1) is 0 Å². The molecule has 0 saturated carbocycles. The molecule has 0 fully saturated rings. The second kappa shape index (κ2) is 6.59. The van der Waals surface area contributed by atoms with Crippen LogP contribution in [-0.2, 0) is 10.0 Å². The van der Waals surface area contributed by atoms with Gasteiger partial charge in [0.15, 0.2) is 0 Å². The summed E-state index contributed by atoms with van der Waals surface area (Å²) in [4.78, 5) is 0. The molecule has 0 aliphatic heterocycles. The smallest absolute Gasteiger partial charge is 0.209 e. The van der Waals surface area contributed by atoms with E-state index in [0.29, 0.717) is 17.4 Å². The molecule has 1 unspecified atom stereocenters. The molecule has 1 aromatic carbocycles. The van der Waals surface area contributed by atoms with Crippen LogP contribution >= 0.6 is 11.6 Å². The number of ether oxygens (including phenoxy) is 1. The third-order valence-electron chi connectivity index (χ3n) is 2.98. The third kappa shape index (κ3) is 5.80. The zero-order valence-electron chi connectivity index (χ0n) is 11.4. The topological polar surface area (TPSA) is 69.4 Å². The Balaban J connectivity index is 2.68. The summed E-state index contributed by atoms with van der Waals surface area (Å²) in [6.45, 7) is 6.10. The van der Waals surface area contributed by atoms with Gasteiger partial charge in [-0.3, -0.25) is 0 Å². The molecule has 108 valence electrons. The van der Waals surface area contributed by atoms with Crippen LogP contribution < -0.4 is 9.88 Å². The van der Waals surface area contributed by atoms with Crippen molar-refractivity contribution in [3.8, 4) is 5.75 Å². The van der Waals surface area contributed by atoms with Crippen LogP contribution in [-0.4, -0.2) is 20.8 Å². The van der Waals surface area contributed by atoms with Crippen molar-refractivity contribution in [3.05, 3.63) is 28.8 Å². The van der Waals surface area contributed by atoms with Gasteiger partial charge in [0.1, 0.15) is 5.75 Å². The van der Waals surface area contributed by atoms with Gasteiger partial charge in [-0.1, -0.05) is 25.4 Å². The monoisotopic (exact) mass is 305 g/mol. The van der Waals surface area contributed by atoms with Gasteiger partial charge in [0, 0.05) is 10.9 Å². The van der Waals surface area contributed by atoms with Crippen LogP contribution in [0, 0.1) is 18.8 Å². The van der Waals surface area contributed by atoms with Crippen molar-refractivity contribution in [2.24, 2.45) is 17.0 Å². The van der Waals surface area contributed by atoms with Gasteiger partial charge in [-0.2, -0.15) is 0 Å². The fourth-order valence-electron chi connectivity index (χ4n) is 1.64. The Morgan fingerprint density at radius 2 is 2.00 bits per heavy atom. The lowest BCUT2D eigenvalue weighted by molar-refractivity contribution is 0.224. The van der Waals surface area contributed by atoms with Gasteiger partial charge in [0.2, 0.25) is 10.0 Å². The van der Waals surface area contributed by atoms with Gasteiger partial charge >= 0.3 is 0 Å².